The van der Waals surface area contributed by atoms with Crippen molar-refractivity contribution in [3.05, 3.63) is 35.4 Å². The third-order valence-electron chi connectivity index (χ3n) is 4.86. The predicted molar refractivity (Wildman–Crippen MR) is 80.5 cm³/mol. The van der Waals surface area contributed by atoms with Crippen LogP contribution in [-0.4, -0.2) is 47.2 Å². The van der Waals surface area contributed by atoms with Crippen molar-refractivity contribution < 1.29 is 28.2 Å². The van der Waals surface area contributed by atoms with E-state index in [1.54, 1.807) is 0 Å². The number of carboxylic acid groups (broad SMARTS) is 1. The van der Waals surface area contributed by atoms with Crippen LogP contribution >= 0.6 is 0 Å². The van der Waals surface area contributed by atoms with Crippen molar-refractivity contribution in [2.45, 2.75) is 37.9 Å². The Hall–Kier alpha value is -2.02. The number of ether oxygens (including phenoxy) is 1. The molecule has 7 heteroatoms. The number of rotatable bonds is 3. The van der Waals surface area contributed by atoms with Gasteiger partial charge >= 0.3 is 5.97 Å². The molecule has 3 rings (SSSR count). The summed E-state index contributed by atoms with van der Waals surface area (Å²) in [6.07, 6.45) is 1.60. The summed E-state index contributed by atoms with van der Waals surface area (Å²) in [5.74, 6) is -3.13. The third kappa shape index (κ3) is 3.26. The molecule has 1 aromatic carbocycles. The lowest BCUT2D eigenvalue weighted by Crippen LogP contribution is -2.42. The molecule has 2 aliphatic heterocycles. The molecule has 0 aromatic heterocycles. The second kappa shape index (κ2) is 6.84. The number of hydrogen-bond acceptors (Lipinski definition) is 3. The first-order valence-corrected chi connectivity index (χ1v) is 8.09. The van der Waals surface area contributed by atoms with Gasteiger partial charge in [0.05, 0.1) is 6.10 Å². The minimum absolute atomic E-state index is 0.117. The number of carbonyl (C=O) groups excluding carboxylic acids is 1. The molecule has 0 aliphatic carbocycles. The lowest BCUT2D eigenvalue weighted by atomic mass is 9.89. The molecule has 2 atom stereocenters. The molecule has 2 heterocycles. The first-order chi connectivity index (χ1) is 11.5. The fourth-order valence-electron chi connectivity index (χ4n) is 3.53. The average Bonchev–Trinajstić information content (AvgIpc) is 3.05. The van der Waals surface area contributed by atoms with E-state index in [4.69, 9.17) is 9.84 Å². The summed E-state index contributed by atoms with van der Waals surface area (Å²) in [6.45, 7) is 0.768. The standard InChI is InChI=1S/C17H19F2NO4/c18-11-2-1-3-12(19)15(11)16(21)20-8-6-10(7-9-20)13-4-5-14(24-13)17(22)23/h1-3,10,13-14H,4-9H2,(H,22,23)/t13-,14+/m0/s1. The Morgan fingerprint density at radius 2 is 1.71 bits per heavy atom. The lowest BCUT2D eigenvalue weighted by Gasteiger charge is -2.34. The number of nitrogens with zero attached hydrogens (tertiary/aromatic N) is 1. The highest BCUT2D eigenvalue weighted by Gasteiger charge is 2.37. The normalized spacial score (nSPS) is 25.0. The van der Waals surface area contributed by atoms with E-state index in [0.717, 1.165) is 12.1 Å². The Bertz CT molecular complexity index is 623. The number of amides is 1. The van der Waals surface area contributed by atoms with Crippen LogP contribution in [0, 0.1) is 17.6 Å². The summed E-state index contributed by atoms with van der Waals surface area (Å²) < 4.78 is 33.0. The van der Waals surface area contributed by atoms with Crippen LogP contribution in [0.5, 0.6) is 0 Å². The van der Waals surface area contributed by atoms with Crippen molar-refractivity contribution in [1.82, 2.24) is 4.90 Å². The van der Waals surface area contributed by atoms with Crippen molar-refractivity contribution in [2.75, 3.05) is 13.1 Å². The number of carbonyl (C=O) groups is 2. The molecule has 0 bridgehead atoms. The van der Waals surface area contributed by atoms with E-state index >= 15 is 0 Å². The van der Waals surface area contributed by atoms with E-state index in [1.165, 1.54) is 11.0 Å². The van der Waals surface area contributed by atoms with E-state index in [0.29, 0.717) is 38.8 Å². The number of hydrogen-bond donors (Lipinski definition) is 1. The molecule has 0 spiro atoms. The molecule has 2 saturated heterocycles. The van der Waals surface area contributed by atoms with Crippen LogP contribution in [0.25, 0.3) is 0 Å². The maximum absolute atomic E-state index is 13.7. The van der Waals surface area contributed by atoms with Crippen LogP contribution in [0.4, 0.5) is 8.78 Å². The van der Waals surface area contributed by atoms with Gasteiger partial charge in [-0.3, -0.25) is 4.79 Å². The van der Waals surface area contributed by atoms with Gasteiger partial charge in [0.15, 0.2) is 6.10 Å². The number of halogens is 2. The van der Waals surface area contributed by atoms with E-state index in [1.807, 2.05) is 0 Å². The number of aliphatic carboxylic acids is 1. The Morgan fingerprint density at radius 3 is 2.25 bits per heavy atom. The van der Waals surface area contributed by atoms with Gasteiger partial charge in [0.2, 0.25) is 0 Å². The van der Waals surface area contributed by atoms with Crippen LogP contribution in [0.2, 0.25) is 0 Å². The zero-order valence-corrected chi connectivity index (χ0v) is 13.1. The first kappa shape index (κ1) is 16.8. The minimum Gasteiger partial charge on any atom is -0.479 e. The summed E-state index contributed by atoms with van der Waals surface area (Å²) in [7, 11) is 0. The van der Waals surface area contributed by atoms with Gasteiger partial charge in [0.1, 0.15) is 17.2 Å². The van der Waals surface area contributed by atoms with Gasteiger partial charge in [-0.1, -0.05) is 6.07 Å². The maximum atomic E-state index is 13.7. The summed E-state index contributed by atoms with van der Waals surface area (Å²) in [6, 6.07) is 3.37. The number of piperidine rings is 1. The van der Waals surface area contributed by atoms with Crippen LogP contribution < -0.4 is 0 Å². The smallest absolute Gasteiger partial charge is 0.332 e. The molecular weight excluding hydrogens is 320 g/mol. The second-order valence-corrected chi connectivity index (χ2v) is 6.31. The highest BCUT2D eigenvalue weighted by molar-refractivity contribution is 5.94. The molecule has 2 aliphatic rings. The molecule has 1 amide bonds. The van der Waals surface area contributed by atoms with Crippen LogP contribution in [0.15, 0.2) is 18.2 Å². The monoisotopic (exact) mass is 339 g/mol. The van der Waals surface area contributed by atoms with Gasteiger partial charge in [-0.2, -0.15) is 0 Å². The number of likely N-dealkylation sites (tertiary alicyclic amines) is 1. The van der Waals surface area contributed by atoms with Gasteiger partial charge in [0.25, 0.3) is 5.91 Å². The van der Waals surface area contributed by atoms with Gasteiger partial charge in [-0.05, 0) is 43.7 Å². The van der Waals surface area contributed by atoms with Gasteiger partial charge < -0.3 is 14.7 Å². The molecule has 0 radical (unpaired) electrons. The Balaban J connectivity index is 1.59. The van der Waals surface area contributed by atoms with Crippen molar-refractivity contribution >= 4 is 11.9 Å². The first-order valence-electron chi connectivity index (χ1n) is 8.09. The Kier molecular flexibility index (Phi) is 4.80. The largest absolute Gasteiger partial charge is 0.479 e. The van der Waals surface area contributed by atoms with Crippen molar-refractivity contribution in [2.24, 2.45) is 5.92 Å². The SMILES string of the molecule is O=C(O)[C@H]1CC[C@@H](C2CCN(C(=O)c3c(F)cccc3F)CC2)O1. The number of benzene rings is 1. The Labute approximate surface area is 138 Å². The van der Waals surface area contributed by atoms with Crippen molar-refractivity contribution in [3.63, 3.8) is 0 Å². The summed E-state index contributed by atoms with van der Waals surface area (Å²) in [5, 5.41) is 8.97. The van der Waals surface area contributed by atoms with Gasteiger partial charge in [-0.25, -0.2) is 13.6 Å². The summed E-state index contributed by atoms with van der Waals surface area (Å²) in [5.41, 5.74) is -0.515. The molecule has 0 unspecified atom stereocenters. The molecular formula is C17H19F2NO4. The molecule has 2 fully saturated rings. The molecule has 0 saturated carbocycles. The quantitative estimate of drug-likeness (QED) is 0.919. The number of carboxylic acids is 1. The second-order valence-electron chi connectivity index (χ2n) is 6.31. The zero-order valence-electron chi connectivity index (χ0n) is 13.1. The van der Waals surface area contributed by atoms with E-state index in [-0.39, 0.29) is 12.0 Å². The lowest BCUT2D eigenvalue weighted by molar-refractivity contribution is -0.150. The topological polar surface area (TPSA) is 66.8 Å². The molecule has 5 nitrogen and oxygen atoms in total. The van der Waals surface area contributed by atoms with Crippen molar-refractivity contribution in [1.29, 1.82) is 0 Å². The fourth-order valence-corrected chi connectivity index (χ4v) is 3.53. The highest BCUT2D eigenvalue weighted by Crippen LogP contribution is 2.32. The van der Waals surface area contributed by atoms with E-state index in [9.17, 15) is 18.4 Å². The molecule has 1 aromatic rings. The highest BCUT2D eigenvalue weighted by atomic mass is 19.1. The van der Waals surface area contributed by atoms with Gasteiger partial charge in [-0.15, -0.1) is 0 Å². The molecule has 24 heavy (non-hydrogen) atoms. The van der Waals surface area contributed by atoms with Crippen LogP contribution in [-0.2, 0) is 9.53 Å². The predicted octanol–water partition coefficient (Wildman–Crippen LogP) is 2.45. The van der Waals surface area contributed by atoms with E-state index < -0.39 is 35.2 Å². The summed E-state index contributed by atoms with van der Waals surface area (Å²) in [4.78, 5) is 24.7. The van der Waals surface area contributed by atoms with Crippen LogP contribution in [0.3, 0.4) is 0 Å². The summed E-state index contributed by atoms with van der Waals surface area (Å²) >= 11 is 0. The zero-order chi connectivity index (χ0) is 17.3. The Morgan fingerprint density at radius 1 is 1.08 bits per heavy atom. The van der Waals surface area contributed by atoms with Crippen LogP contribution in [0.1, 0.15) is 36.0 Å². The molecule has 130 valence electrons. The average molecular weight is 339 g/mol. The van der Waals surface area contributed by atoms with E-state index in [2.05, 4.69) is 0 Å². The molecule has 1 N–H and O–H groups in total. The fraction of sp³-hybridized carbons (Fsp3) is 0.529. The van der Waals surface area contributed by atoms with Gasteiger partial charge in [0, 0.05) is 13.1 Å². The minimum atomic E-state index is -0.944. The maximum Gasteiger partial charge on any atom is 0.332 e. The third-order valence-corrected chi connectivity index (χ3v) is 4.86. The van der Waals surface area contributed by atoms with Crippen molar-refractivity contribution in [3.8, 4) is 0 Å².